The molecule has 0 unspecified atom stereocenters. The highest BCUT2D eigenvalue weighted by Gasteiger charge is 2.16. The fraction of sp³-hybridized carbons (Fsp3) is 0.588. The Morgan fingerprint density at radius 2 is 1.78 bits per heavy atom. The van der Waals surface area contributed by atoms with Crippen molar-refractivity contribution in [3.63, 3.8) is 0 Å². The van der Waals surface area contributed by atoms with Gasteiger partial charge in [-0.05, 0) is 12.8 Å². The molecular formula is C17H24N4O2. The topological polar surface area (TPSA) is 72.7 Å². The lowest BCUT2D eigenvalue weighted by Crippen LogP contribution is -2.40. The van der Waals surface area contributed by atoms with Crippen molar-refractivity contribution < 1.29 is 0 Å². The highest BCUT2D eigenvalue weighted by Crippen LogP contribution is 2.08. The molecule has 124 valence electrons. The number of nitrogens with one attached hydrogen (secondary N) is 1. The van der Waals surface area contributed by atoms with E-state index >= 15 is 0 Å². The second-order valence-electron chi connectivity index (χ2n) is 5.68. The summed E-state index contributed by atoms with van der Waals surface area (Å²) in [5.74, 6) is 3.22. The van der Waals surface area contributed by atoms with E-state index in [0.29, 0.717) is 42.9 Å². The number of fused-ring (bicyclic) bond motifs is 1. The van der Waals surface area contributed by atoms with Gasteiger partial charge in [0, 0.05) is 25.9 Å². The minimum absolute atomic E-state index is 0.264. The van der Waals surface area contributed by atoms with Crippen LogP contribution in [-0.2, 0) is 19.5 Å². The summed E-state index contributed by atoms with van der Waals surface area (Å²) in [6.07, 6.45) is 9.96. The SMILES string of the molecule is C#CCCc1nc2c([nH]1)c(=O)n(CCCC)c(=O)n2CCCC. The smallest absolute Gasteiger partial charge is 0.332 e. The molecule has 0 aromatic carbocycles. The highest BCUT2D eigenvalue weighted by molar-refractivity contribution is 5.69. The molecule has 0 aliphatic carbocycles. The molecule has 2 rings (SSSR count). The normalized spacial score (nSPS) is 11.0. The van der Waals surface area contributed by atoms with Crippen molar-refractivity contribution in [3.05, 3.63) is 26.7 Å². The summed E-state index contributed by atoms with van der Waals surface area (Å²) in [5.41, 5.74) is 0.308. The average molecular weight is 316 g/mol. The predicted molar refractivity (Wildman–Crippen MR) is 91.6 cm³/mol. The summed E-state index contributed by atoms with van der Waals surface area (Å²) >= 11 is 0. The molecule has 0 saturated carbocycles. The third kappa shape index (κ3) is 3.55. The molecular weight excluding hydrogens is 292 g/mol. The van der Waals surface area contributed by atoms with Gasteiger partial charge in [0.15, 0.2) is 5.65 Å². The number of rotatable bonds is 8. The van der Waals surface area contributed by atoms with E-state index in [2.05, 4.69) is 22.8 Å². The first kappa shape index (κ1) is 17.1. The Labute approximate surface area is 135 Å². The zero-order valence-corrected chi connectivity index (χ0v) is 13.9. The maximum atomic E-state index is 12.7. The van der Waals surface area contributed by atoms with Gasteiger partial charge in [0.25, 0.3) is 5.56 Å². The van der Waals surface area contributed by atoms with E-state index in [1.54, 1.807) is 4.57 Å². The summed E-state index contributed by atoms with van der Waals surface area (Å²) in [6, 6.07) is 0. The number of aryl methyl sites for hydroxylation is 2. The molecule has 23 heavy (non-hydrogen) atoms. The zero-order chi connectivity index (χ0) is 16.8. The molecule has 2 aromatic rings. The molecule has 0 bridgehead atoms. The summed E-state index contributed by atoms with van der Waals surface area (Å²) in [7, 11) is 0. The van der Waals surface area contributed by atoms with Crippen LogP contribution in [0.3, 0.4) is 0 Å². The van der Waals surface area contributed by atoms with E-state index in [-0.39, 0.29) is 11.2 Å². The second-order valence-corrected chi connectivity index (χ2v) is 5.68. The quantitative estimate of drug-likeness (QED) is 0.758. The van der Waals surface area contributed by atoms with Crippen LogP contribution >= 0.6 is 0 Å². The van der Waals surface area contributed by atoms with Crippen LogP contribution < -0.4 is 11.2 Å². The largest absolute Gasteiger partial charge is 0.336 e. The maximum Gasteiger partial charge on any atom is 0.332 e. The first-order valence-corrected chi connectivity index (χ1v) is 8.29. The molecule has 0 aliphatic heterocycles. The van der Waals surface area contributed by atoms with Gasteiger partial charge in [-0.1, -0.05) is 26.7 Å². The molecule has 0 amide bonds. The lowest BCUT2D eigenvalue weighted by molar-refractivity contribution is 0.530. The van der Waals surface area contributed by atoms with Crippen molar-refractivity contribution in [1.82, 2.24) is 19.1 Å². The maximum absolute atomic E-state index is 12.7. The number of aromatic amines is 1. The third-order valence-electron chi connectivity index (χ3n) is 3.89. The Morgan fingerprint density at radius 1 is 1.13 bits per heavy atom. The number of hydrogen-bond donors (Lipinski definition) is 1. The summed E-state index contributed by atoms with van der Waals surface area (Å²) in [5, 5.41) is 0. The first-order valence-electron chi connectivity index (χ1n) is 8.29. The number of terminal acetylenes is 1. The van der Waals surface area contributed by atoms with Crippen LogP contribution in [0.25, 0.3) is 11.2 Å². The molecule has 0 spiro atoms. The van der Waals surface area contributed by atoms with Crippen molar-refractivity contribution in [2.24, 2.45) is 0 Å². The van der Waals surface area contributed by atoms with Crippen LogP contribution in [0, 0.1) is 12.3 Å². The van der Waals surface area contributed by atoms with Gasteiger partial charge in [-0.3, -0.25) is 13.9 Å². The van der Waals surface area contributed by atoms with Gasteiger partial charge in [0.1, 0.15) is 11.3 Å². The Hall–Kier alpha value is -2.29. The minimum Gasteiger partial charge on any atom is -0.336 e. The monoisotopic (exact) mass is 316 g/mol. The minimum atomic E-state index is -0.286. The summed E-state index contributed by atoms with van der Waals surface area (Å²) in [4.78, 5) is 32.8. The molecule has 0 radical (unpaired) electrons. The number of imidazole rings is 1. The number of unbranched alkanes of at least 4 members (excludes halogenated alkanes) is 2. The van der Waals surface area contributed by atoms with E-state index in [4.69, 9.17) is 6.42 Å². The van der Waals surface area contributed by atoms with Crippen LogP contribution in [0.1, 0.15) is 51.8 Å². The van der Waals surface area contributed by atoms with E-state index in [0.717, 1.165) is 25.7 Å². The van der Waals surface area contributed by atoms with Crippen molar-refractivity contribution in [2.75, 3.05) is 0 Å². The Kier molecular flexibility index (Phi) is 5.80. The van der Waals surface area contributed by atoms with Gasteiger partial charge in [-0.15, -0.1) is 12.3 Å². The second kappa shape index (κ2) is 7.82. The van der Waals surface area contributed by atoms with Crippen molar-refractivity contribution in [1.29, 1.82) is 0 Å². The molecule has 0 atom stereocenters. The van der Waals surface area contributed by atoms with Crippen LogP contribution in [-0.4, -0.2) is 19.1 Å². The van der Waals surface area contributed by atoms with Gasteiger partial charge in [-0.2, -0.15) is 0 Å². The van der Waals surface area contributed by atoms with E-state index in [1.165, 1.54) is 4.57 Å². The number of nitrogens with zero attached hydrogens (tertiary/aromatic N) is 3. The van der Waals surface area contributed by atoms with Gasteiger partial charge in [0.2, 0.25) is 0 Å². The van der Waals surface area contributed by atoms with Crippen LogP contribution in [0.4, 0.5) is 0 Å². The summed E-state index contributed by atoms with van der Waals surface area (Å²) < 4.78 is 2.94. The predicted octanol–water partition coefficient (Wildman–Crippen LogP) is 2.05. The lowest BCUT2D eigenvalue weighted by atomic mass is 10.3. The zero-order valence-electron chi connectivity index (χ0n) is 13.9. The number of aromatic nitrogens is 4. The van der Waals surface area contributed by atoms with Crippen molar-refractivity contribution >= 4 is 11.2 Å². The summed E-state index contributed by atoms with van der Waals surface area (Å²) in [6.45, 7) is 5.11. The number of hydrogen-bond acceptors (Lipinski definition) is 3. The number of H-pyrrole nitrogens is 1. The van der Waals surface area contributed by atoms with Crippen molar-refractivity contribution in [3.8, 4) is 12.3 Å². The van der Waals surface area contributed by atoms with Gasteiger partial charge < -0.3 is 4.98 Å². The average Bonchev–Trinajstić information content (AvgIpc) is 2.97. The van der Waals surface area contributed by atoms with Gasteiger partial charge >= 0.3 is 5.69 Å². The van der Waals surface area contributed by atoms with Crippen LogP contribution in [0.2, 0.25) is 0 Å². The fourth-order valence-electron chi connectivity index (χ4n) is 2.55. The van der Waals surface area contributed by atoms with E-state index < -0.39 is 0 Å². The molecule has 2 aromatic heterocycles. The van der Waals surface area contributed by atoms with Crippen molar-refractivity contribution in [2.45, 2.75) is 65.5 Å². The van der Waals surface area contributed by atoms with Crippen LogP contribution in [0.15, 0.2) is 9.59 Å². The molecule has 1 N–H and O–H groups in total. The van der Waals surface area contributed by atoms with Gasteiger partial charge in [-0.25, -0.2) is 9.78 Å². The molecule has 0 fully saturated rings. The van der Waals surface area contributed by atoms with Crippen LogP contribution in [0.5, 0.6) is 0 Å². The molecule has 6 nitrogen and oxygen atoms in total. The highest BCUT2D eigenvalue weighted by atomic mass is 16.2. The Balaban J connectivity index is 2.61. The van der Waals surface area contributed by atoms with E-state index in [1.807, 2.05) is 6.92 Å². The lowest BCUT2D eigenvalue weighted by Gasteiger charge is -2.10. The molecule has 0 aliphatic rings. The van der Waals surface area contributed by atoms with Gasteiger partial charge in [0.05, 0.1) is 0 Å². The molecule has 2 heterocycles. The Bertz CT molecular complexity index is 820. The fourth-order valence-corrected chi connectivity index (χ4v) is 2.55. The van der Waals surface area contributed by atoms with E-state index in [9.17, 15) is 9.59 Å². The molecule has 0 saturated heterocycles. The third-order valence-corrected chi connectivity index (χ3v) is 3.89. The molecule has 6 heteroatoms. The standard InChI is InChI=1S/C17H24N4O2/c1-4-7-10-13-18-14-15(19-13)20(11-8-5-2)17(23)21(16(14)22)12-9-6-3/h1H,5-12H2,2-3H3,(H,18,19). The Morgan fingerprint density at radius 3 is 2.39 bits per heavy atom. The first-order chi connectivity index (χ1) is 11.1.